The average Bonchev–Trinajstić information content (AvgIpc) is 2.53. The standard InChI is InChI=1S/C15H28/c1-10-8-11-12(14(11,5)6)9-15(10,7)13(2,3)4/h10-12H,8-9H2,1-7H3. The van der Waals surface area contributed by atoms with Gasteiger partial charge in [-0.3, -0.25) is 0 Å². The van der Waals surface area contributed by atoms with E-state index in [1.165, 1.54) is 12.8 Å². The van der Waals surface area contributed by atoms with Crippen molar-refractivity contribution in [3.05, 3.63) is 0 Å². The topological polar surface area (TPSA) is 0 Å². The van der Waals surface area contributed by atoms with Gasteiger partial charge >= 0.3 is 0 Å². The van der Waals surface area contributed by atoms with Gasteiger partial charge in [0.15, 0.2) is 0 Å². The van der Waals surface area contributed by atoms with E-state index in [9.17, 15) is 0 Å². The van der Waals surface area contributed by atoms with Crippen LogP contribution in [0, 0.1) is 34.0 Å². The first-order valence-electron chi connectivity index (χ1n) is 6.61. The average molecular weight is 208 g/mol. The zero-order chi connectivity index (χ0) is 11.6. The van der Waals surface area contributed by atoms with Crippen molar-refractivity contribution < 1.29 is 0 Å². The Kier molecular flexibility index (Phi) is 2.15. The summed E-state index contributed by atoms with van der Waals surface area (Å²) in [4.78, 5) is 0. The predicted molar refractivity (Wildman–Crippen MR) is 66.7 cm³/mol. The van der Waals surface area contributed by atoms with E-state index in [1.54, 1.807) is 0 Å². The Morgan fingerprint density at radius 3 is 2.00 bits per heavy atom. The van der Waals surface area contributed by atoms with E-state index in [-0.39, 0.29) is 0 Å². The molecule has 0 N–H and O–H groups in total. The van der Waals surface area contributed by atoms with Crippen molar-refractivity contribution in [2.24, 2.45) is 34.0 Å². The van der Waals surface area contributed by atoms with Crippen LogP contribution >= 0.6 is 0 Å². The van der Waals surface area contributed by atoms with Crippen molar-refractivity contribution >= 4 is 0 Å². The summed E-state index contributed by atoms with van der Waals surface area (Å²) in [5, 5.41) is 0. The third-order valence-corrected chi connectivity index (χ3v) is 6.34. The lowest BCUT2D eigenvalue weighted by molar-refractivity contribution is 0.000554. The minimum Gasteiger partial charge on any atom is -0.0620 e. The highest BCUT2D eigenvalue weighted by molar-refractivity contribution is 5.13. The van der Waals surface area contributed by atoms with Crippen molar-refractivity contribution in [1.82, 2.24) is 0 Å². The molecule has 0 nitrogen and oxygen atoms in total. The minimum absolute atomic E-state index is 0.454. The summed E-state index contributed by atoms with van der Waals surface area (Å²) >= 11 is 0. The number of fused-ring (bicyclic) bond motifs is 1. The van der Waals surface area contributed by atoms with E-state index in [1.807, 2.05) is 0 Å². The molecule has 4 atom stereocenters. The summed E-state index contributed by atoms with van der Waals surface area (Å²) in [6, 6.07) is 0. The molecule has 0 aromatic rings. The van der Waals surface area contributed by atoms with Gasteiger partial charge < -0.3 is 0 Å². The van der Waals surface area contributed by atoms with Crippen LogP contribution in [0.1, 0.15) is 61.3 Å². The second kappa shape index (κ2) is 2.81. The number of hydrogen-bond acceptors (Lipinski definition) is 0. The maximum atomic E-state index is 2.53. The molecule has 2 rings (SSSR count). The molecule has 2 aliphatic rings. The van der Waals surface area contributed by atoms with Crippen LogP contribution < -0.4 is 0 Å². The van der Waals surface area contributed by atoms with Crippen molar-refractivity contribution in [2.75, 3.05) is 0 Å². The molecule has 2 saturated carbocycles. The van der Waals surface area contributed by atoms with Crippen LogP contribution in [0.2, 0.25) is 0 Å². The van der Waals surface area contributed by atoms with Gasteiger partial charge in [0.1, 0.15) is 0 Å². The summed E-state index contributed by atoms with van der Waals surface area (Å²) < 4.78 is 0. The lowest BCUT2D eigenvalue weighted by Gasteiger charge is -2.49. The second-order valence-electron chi connectivity index (χ2n) is 8.04. The van der Waals surface area contributed by atoms with E-state index < -0.39 is 0 Å². The highest BCUT2D eigenvalue weighted by Gasteiger charge is 2.64. The molecule has 15 heavy (non-hydrogen) atoms. The lowest BCUT2D eigenvalue weighted by Crippen LogP contribution is -2.41. The molecule has 0 radical (unpaired) electrons. The highest BCUT2D eigenvalue weighted by atomic mass is 14.7. The van der Waals surface area contributed by atoms with Crippen LogP contribution in [0.3, 0.4) is 0 Å². The zero-order valence-electron chi connectivity index (χ0n) is 11.6. The molecule has 0 amide bonds. The van der Waals surface area contributed by atoms with Crippen molar-refractivity contribution in [2.45, 2.75) is 61.3 Å². The Balaban J connectivity index is 2.23. The molecule has 4 unspecified atom stereocenters. The first-order valence-corrected chi connectivity index (χ1v) is 6.61. The molecule has 0 aromatic carbocycles. The third-order valence-electron chi connectivity index (χ3n) is 6.34. The highest BCUT2D eigenvalue weighted by Crippen LogP contribution is 2.71. The minimum atomic E-state index is 0.454. The van der Waals surface area contributed by atoms with Gasteiger partial charge in [-0.05, 0) is 46.8 Å². The Bertz CT molecular complexity index is 268. The molecular weight excluding hydrogens is 180 g/mol. The molecular formula is C15H28. The summed E-state index contributed by atoms with van der Waals surface area (Å²) in [6.45, 7) is 17.3. The van der Waals surface area contributed by atoms with E-state index in [0.717, 1.165) is 17.8 Å². The van der Waals surface area contributed by atoms with Crippen molar-refractivity contribution in [3.8, 4) is 0 Å². The monoisotopic (exact) mass is 208 g/mol. The number of rotatable bonds is 0. The fourth-order valence-corrected chi connectivity index (χ4v) is 4.08. The van der Waals surface area contributed by atoms with E-state index >= 15 is 0 Å². The smallest absolute Gasteiger partial charge is 0.0248 e. The quantitative estimate of drug-likeness (QED) is 0.539. The van der Waals surface area contributed by atoms with Crippen molar-refractivity contribution in [1.29, 1.82) is 0 Å². The second-order valence-corrected chi connectivity index (χ2v) is 8.04. The fraction of sp³-hybridized carbons (Fsp3) is 1.00. The molecule has 2 aliphatic carbocycles. The molecule has 0 aromatic heterocycles. The SMILES string of the molecule is CC1CC2C(CC1(C)C(C)(C)C)C2(C)C. The van der Waals surface area contributed by atoms with Crippen LogP contribution in [-0.4, -0.2) is 0 Å². The number of hydrogen-bond donors (Lipinski definition) is 0. The molecule has 0 spiro atoms. The van der Waals surface area contributed by atoms with Crippen LogP contribution in [-0.2, 0) is 0 Å². The Morgan fingerprint density at radius 2 is 1.53 bits per heavy atom. The van der Waals surface area contributed by atoms with Gasteiger partial charge in [-0.1, -0.05) is 48.5 Å². The van der Waals surface area contributed by atoms with E-state index in [4.69, 9.17) is 0 Å². The first kappa shape index (κ1) is 11.5. The molecule has 0 aliphatic heterocycles. The van der Waals surface area contributed by atoms with Crippen molar-refractivity contribution in [3.63, 3.8) is 0 Å². The fourth-order valence-electron chi connectivity index (χ4n) is 4.08. The normalized spacial score (nSPS) is 48.6. The molecule has 0 saturated heterocycles. The van der Waals surface area contributed by atoms with Crippen LogP contribution in [0.25, 0.3) is 0 Å². The maximum absolute atomic E-state index is 2.53. The van der Waals surface area contributed by atoms with Crippen LogP contribution in [0.15, 0.2) is 0 Å². The lowest BCUT2D eigenvalue weighted by atomic mass is 9.56. The summed E-state index contributed by atoms with van der Waals surface area (Å²) in [7, 11) is 0. The van der Waals surface area contributed by atoms with Gasteiger partial charge in [0.05, 0.1) is 0 Å². The largest absolute Gasteiger partial charge is 0.0620 e. The van der Waals surface area contributed by atoms with Crippen LogP contribution in [0.5, 0.6) is 0 Å². The van der Waals surface area contributed by atoms with Gasteiger partial charge in [-0.15, -0.1) is 0 Å². The Labute approximate surface area is 95.8 Å². The Hall–Kier alpha value is 0. The molecule has 88 valence electrons. The maximum Gasteiger partial charge on any atom is -0.0248 e. The summed E-state index contributed by atoms with van der Waals surface area (Å²) in [5.41, 5.74) is 1.65. The summed E-state index contributed by atoms with van der Waals surface area (Å²) in [6.07, 6.45) is 2.92. The van der Waals surface area contributed by atoms with Gasteiger partial charge in [0, 0.05) is 0 Å². The molecule has 0 heteroatoms. The van der Waals surface area contributed by atoms with E-state index in [2.05, 4.69) is 48.5 Å². The Morgan fingerprint density at radius 1 is 1.00 bits per heavy atom. The van der Waals surface area contributed by atoms with Crippen LogP contribution in [0.4, 0.5) is 0 Å². The summed E-state index contributed by atoms with van der Waals surface area (Å²) in [5.74, 6) is 2.93. The molecule has 0 bridgehead atoms. The predicted octanol–water partition coefficient (Wildman–Crippen LogP) is 4.74. The molecule has 2 fully saturated rings. The van der Waals surface area contributed by atoms with Gasteiger partial charge in [0.25, 0.3) is 0 Å². The zero-order valence-corrected chi connectivity index (χ0v) is 11.6. The van der Waals surface area contributed by atoms with E-state index in [0.29, 0.717) is 16.2 Å². The molecule has 0 heterocycles. The van der Waals surface area contributed by atoms with Gasteiger partial charge in [-0.2, -0.15) is 0 Å². The third kappa shape index (κ3) is 1.40. The van der Waals surface area contributed by atoms with Gasteiger partial charge in [0.2, 0.25) is 0 Å². The van der Waals surface area contributed by atoms with Gasteiger partial charge in [-0.25, -0.2) is 0 Å². The first-order chi connectivity index (χ1) is 6.61.